The van der Waals surface area contributed by atoms with Crippen molar-refractivity contribution in [3.05, 3.63) is 70.7 Å². The summed E-state index contributed by atoms with van der Waals surface area (Å²) < 4.78 is 18.7. The lowest BCUT2D eigenvalue weighted by Gasteiger charge is -2.02. The van der Waals surface area contributed by atoms with Crippen LogP contribution in [0.3, 0.4) is 0 Å². The van der Waals surface area contributed by atoms with E-state index < -0.39 is 0 Å². The van der Waals surface area contributed by atoms with Crippen LogP contribution in [0.15, 0.2) is 46.9 Å². The van der Waals surface area contributed by atoms with Crippen molar-refractivity contribution in [1.29, 1.82) is 0 Å². The van der Waals surface area contributed by atoms with Crippen LogP contribution in [0.4, 0.5) is 4.39 Å². The van der Waals surface area contributed by atoms with E-state index in [4.69, 9.17) is 4.42 Å². The molecule has 3 heteroatoms. The number of aryl methyl sites for hydroxylation is 2. The SMILES string of the molecule is O=C(c1ccc2c(c1)CCC2)c1cc2cc(F)ccc2o1. The summed E-state index contributed by atoms with van der Waals surface area (Å²) in [6, 6.07) is 11.7. The zero-order valence-electron chi connectivity index (χ0n) is 11.4. The molecular weight excluding hydrogens is 267 g/mol. The van der Waals surface area contributed by atoms with Gasteiger partial charge in [0.05, 0.1) is 0 Å². The van der Waals surface area contributed by atoms with E-state index >= 15 is 0 Å². The molecule has 0 atom stereocenters. The first-order valence-electron chi connectivity index (χ1n) is 7.06. The first-order chi connectivity index (χ1) is 10.2. The topological polar surface area (TPSA) is 30.2 Å². The van der Waals surface area contributed by atoms with Gasteiger partial charge in [-0.25, -0.2) is 4.39 Å². The fraction of sp³-hybridized carbons (Fsp3) is 0.167. The van der Waals surface area contributed by atoms with Crippen molar-refractivity contribution in [2.24, 2.45) is 0 Å². The molecule has 3 aromatic rings. The van der Waals surface area contributed by atoms with Crippen LogP contribution in [-0.4, -0.2) is 5.78 Å². The Kier molecular flexibility index (Phi) is 2.67. The average molecular weight is 280 g/mol. The molecule has 104 valence electrons. The molecule has 0 N–H and O–H groups in total. The molecule has 4 rings (SSSR count). The lowest BCUT2D eigenvalue weighted by atomic mass is 10.0. The summed E-state index contributed by atoms with van der Waals surface area (Å²) in [6.07, 6.45) is 3.27. The van der Waals surface area contributed by atoms with Gasteiger partial charge in [0.15, 0.2) is 5.76 Å². The second-order valence-electron chi connectivity index (χ2n) is 5.46. The number of furan rings is 1. The van der Waals surface area contributed by atoms with Gasteiger partial charge in [0.2, 0.25) is 5.78 Å². The van der Waals surface area contributed by atoms with Crippen LogP contribution in [0.1, 0.15) is 33.7 Å². The smallest absolute Gasteiger partial charge is 0.228 e. The van der Waals surface area contributed by atoms with Crippen molar-refractivity contribution in [3.8, 4) is 0 Å². The minimum absolute atomic E-state index is 0.152. The Labute approximate surface area is 121 Å². The molecule has 2 nitrogen and oxygen atoms in total. The Bertz CT molecular complexity index is 861. The van der Waals surface area contributed by atoms with Gasteiger partial charge in [0.25, 0.3) is 0 Å². The second-order valence-corrected chi connectivity index (χ2v) is 5.46. The largest absolute Gasteiger partial charge is 0.453 e. The molecule has 0 aliphatic heterocycles. The van der Waals surface area contributed by atoms with Gasteiger partial charge in [-0.3, -0.25) is 4.79 Å². The first-order valence-corrected chi connectivity index (χ1v) is 7.06. The highest BCUT2D eigenvalue weighted by molar-refractivity contribution is 6.09. The standard InChI is InChI=1S/C18H13FO2/c19-15-6-7-16-14(9-15)10-17(21-16)18(20)13-5-4-11-2-1-3-12(11)8-13/h4-10H,1-3H2. The number of carbonyl (C=O) groups excluding carboxylic acids is 1. The van der Waals surface area contributed by atoms with Gasteiger partial charge in [-0.05, 0) is 60.7 Å². The number of benzene rings is 2. The summed E-state index contributed by atoms with van der Waals surface area (Å²) >= 11 is 0. The number of rotatable bonds is 2. The summed E-state index contributed by atoms with van der Waals surface area (Å²) in [7, 11) is 0. The summed E-state index contributed by atoms with van der Waals surface area (Å²) in [5.74, 6) is -0.227. The third-order valence-corrected chi connectivity index (χ3v) is 4.06. The summed E-state index contributed by atoms with van der Waals surface area (Å²) in [4.78, 5) is 12.5. The van der Waals surface area contributed by atoms with Gasteiger partial charge in [0, 0.05) is 10.9 Å². The lowest BCUT2D eigenvalue weighted by Crippen LogP contribution is -2.00. The molecule has 1 aromatic heterocycles. The molecule has 1 aliphatic carbocycles. The monoisotopic (exact) mass is 280 g/mol. The van der Waals surface area contributed by atoms with E-state index in [2.05, 4.69) is 0 Å². The Morgan fingerprint density at radius 2 is 1.86 bits per heavy atom. The predicted octanol–water partition coefficient (Wildman–Crippen LogP) is 4.29. The molecule has 2 aromatic carbocycles. The van der Waals surface area contributed by atoms with E-state index in [0.717, 1.165) is 19.3 Å². The zero-order valence-corrected chi connectivity index (χ0v) is 11.4. The van der Waals surface area contributed by atoms with E-state index in [9.17, 15) is 9.18 Å². The van der Waals surface area contributed by atoms with Crippen LogP contribution in [0.25, 0.3) is 11.0 Å². The van der Waals surface area contributed by atoms with Crippen molar-refractivity contribution >= 4 is 16.8 Å². The number of fused-ring (bicyclic) bond motifs is 2. The third-order valence-electron chi connectivity index (χ3n) is 4.06. The van der Waals surface area contributed by atoms with Crippen LogP contribution in [0, 0.1) is 5.82 Å². The fourth-order valence-electron chi connectivity index (χ4n) is 2.98. The molecule has 0 fully saturated rings. The zero-order chi connectivity index (χ0) is 14.4. The van der Waals surface area contributed by atoms with Gasteiger partial charge in [-0.15, -0.1) is 0 Å². The van der Waals surface area contributed by atoms with Crippen LogP contribution < -0.4 is 0 Å². The molecule has 1 heterocycles. The van der Waals surface area contributed by atoms with Crippen LogP contribution in [0.5, 0.6) is 0 Å². The molecule has 21 heavy (non-hydrogen) atoms. The third kappa shape index (κ3) is 2.05. The number of halogens is 1. The number of ketones is 1. The van der Waals surface area contributed by atoms with Crippen molar-refractivity contribution in [1.82, 2.24) is 0 Å². The average Bonchev–Trinajstić information content (AvgIpc) is 3.11. The van der Waals surface area contributed by atoms with Gasteiger partial charge < -0.3 is 4.42 Å². The molecule has 0 saturated heterocycles. The first kappa shape index (κ1) is 12.3. The molecular formula is C18H13FO2. The van der Waals surface area contributed by atoms with Crippen LogP contribution in [0.2, 0.25) is 0 Å². The number of carbonyl (C=O) groups is 1. The van der Waals surface area contributed by atoms with E-state index in [1.807, 2.05) is 18.2 Å². The van der Waals surface area contributed by atoms with Crippen LogP contribution in [-0.2, 0) is 12.8 Å². The Morgan fingerprint density at radius 3 is 2.76 bits per heavy atom. The Morgan fingerprint density at radius 1 is 1.00 bits per heavy atom. The highest BCUT2D eigenvalue weighted by Gasteiger charge is 2.18. The minimum atomic E-state index is -0.333. The van der Waals surface area contributed by atoms with E-state index in [1.165, 1.54) is 23.3 Å². The molecule has 0 unspecified atom stereocenters. The number of hydrogen-bond acceptors (Lipinski definition) is 2. The predicted molar refractivity (Wildman–Crippen MR) is 78.1 cm³/mol. The highest BCUT2D eigenvalue weighted by atomic mass is 19.1. The maximum Gasteiger partial charge on any atom is 0.228 e. The van der Waals surface area contributed by atoms with Gasteiger partial charge in [-0.2, -0.15) is 0 Å². The number of hydrogen-bond donors (Lipinski definition) is 0. The molecule has 0 amide bonds. The van der Waals surface area contributed by atoms with Crippen molar-refractivity contribution < 1.29 is 13.6 Å². The van der Waals surface area contributed by atoms with E-state index in [-0.39, 0.29) is 17.4 Å². The van der Waals surface area contributed by atoms with Crippen molar-refractivity contribution in [2.45, 2.75) is 19.3 Å². The molecule has 1 aliphatic rings. The second kappa shape index (κ2) is 4.55. The summed E-state index contributed by atoms with van der Waals surface area (Å²) in [5.41, 5.74) is 3.75. The van der Waals surface area contributed by atoms with Gasteiger partial charge in [-0.1, -0.05) is 12.1 Å². The van der Waals surface area contributed by atoms with E-state index in [0.29, 0.717) is 16.5 Å². The lowest BCUT2D eigenvalue weighted by molar-refractivity contribution is 0.101. The molecule has 0 bridgehead atoms. The van der Waals surface area contributed by atoms with Crippen LogP contribution >= 0.6 is 0 Å². The normalized spacial score (nSPS) is 13.6. The quantitative estimate of drug-likeness (QED) is 0.655. The maximum absolute atomic E-state index is 13.2. The summed E-state index contributed by atoms with van der Waals surface area (Å²) in [6.45, 7) is 0. The molecule has 0 radical (unpaired) electrons. The maximum atomic E-state index is 13.2. The minimum Gasteiger partial charge on any atom is -0.453 e. The fourth-order valence-corrected chi connectivity index (χ4v) is 2.98. The van der Waals surface area contributed by atoms with Gasteiger partial charge >= 0.3 is 0 Å². The Hall–Kier alpha value is -2.42. The van der Waals surface area contributed by atoms with E-state index in [1.54, 1.807) is 12.1 Å². The summed E-state index contributed by atoms with van der Waals surface area (Å²) in [5, 5.41) is 0.611. The van der Waals surface area contributed by atoms with Crippen molar-refractivity contribution in [3.63, 3.8) is 0 Å². The Balaban J connectivity index is 1.75. The molecule has 0 saturated carbocycles. The van der Waals surface area contributed by atoms with Crippen molar-refractivity contribution in [2.75, 3.05) is 0 Å². The van der Waals surface area contributed by atoms with Gasteiger partial charge in [0.1, 0.15) is 11.4 Å². The molecule has 0 spiro atoms. The highest BCUT2D eigenvalue weighted by Crippen LogP contribution is 2.26.